The van der Waals surface area contributed by atoms with E-state index in [9.17, 15) is 17.6 Å². The third-order valence-corrected chi connectivity index (χ3v) is 4.57. The number of sulfonamides is 1. The third kappa shape index (κ3) is 3.69. The molecule has 0 aliphatic heterocycles. The van der Waals surface area contributed by atoms with E-state index in [4.69, 9.17) is 16.7 Å². The summed E-state index contributed by atoms with van der Waals surface area (Å²) < 4.78 is 39.8. The zero-order chi connectivity index (χ0) is 16.2. The minimum Gasteiger partial charge on any atom is -0.478 e. The number of carbonyl (C=O) groups is 1. The molecular formula is C13H13ClFNO4S. The molecule has 0 saturated heterocycles. The lowest BCUT2D eigenvalue weighted by Crippen LogP contribution is -2.32. The van der Waals surface area contributed by atoms with Crippen LogP contribution in [0.1, 0.15) is 10.4 Å². The minimum absolute atomic E-state index is 0.0806. The van der Waals surface area contributed by atoms with Crippen molar-refractivity contribution in [3.05, 3.63) is 53.8 Å². The van der Waals surface area contributed by atoms with E-state index in [1.54, 1.807) is 0 Å². The molecule has 21 heavy (non-hydrogen) atoms. The first-order chi connectivity index (χ1) is 9.75. The molecule has 0 saturated carbocycles. The van der Waals surface area contributed by atoms with Crippen LogP contribution in [0.2, 0.25) is 5.02 Å². The molecule has 1 aromatic carbocycles. The lowest BCUT2D eigenvalue weighted by atomic mass is 10.2. The Morgan fingerprint density at radius 2 is 1.86 bits per heavy atom. The van der Waals surface area contributed by atoms with Gasteiger partial charge in [0.15, 0.2) is 5.82 Å². The summed E-state index contributed by atoms with van der Waals surface area (Å²) in [5.74, 6) is -2.96. The fraction of sp³-hybridized carbons (Fsp3) is 0.154. The first-order valence-electron chi connectivity index (χ1n) is 5.70. The number of carboxylic acid groups (broad SMARTS) is 1. The topological polar surface area (TPSA) is 74.7 Å². The van der Waals surface area contributed by atoms with Gasteiger partial charge in [0.25, 0.3) is 0 Å². The van der Waals surface area contributed by atoms with Crippen LogP contribution in [0.3, 0.4) is 0 Å². The van der Waals surface area contributed by atoms with Gasteiger partial charge in [0.2, 0.25) is 10.0 Å². The fourth-order valence-electron chi connectivity index (χ4n) is 1.61. The van der Waals surface area contributed by atoms with Crippen LogP contribution < -0.4 is 0 Å². The monoisotopic (exact) mass is 333 g/mol. The van der Waals surface area contributed by atoms with Crippen LogP contribution in [0.4, 0.5) is 4.39 Å². The normalized spacial score (nSPS) is 11.4. The molecule has 1 rings (SSSR count). The molecule has 1 N–H and O–H groups in total. The van der Waals surface area contributed by atoms with Crippen LogP contribution in [-0.4, -0.2) is 36.9 Å². The van der Waals surface area contributed by atoms with Gasteiger partial charge >= 0.3 is 5.97 Å². The van der Waals surface area contributed by atoms with Crippen molar-refractivity contribution in [2.45, 2.75) is 4.90 Å². The molecule has 114 valence electrons. The third-order valence-electron chi connectivity index (χ3n) is 2.52. The molecule has 0 aromatic heterocycles. The smallest absolute Gasteiger partial charge is 0.338 e. The standard InChI is InChI=1S/C13H13ClFNO4S/c1-3-5-16(6-4-2)21(19,20)11-8-9(14)7-10(12(11)15)13(17)18/h3-4,7-8H,1-2,5-6H2,(H,17,18). The fourth-order valence-corrected chi connectivity index (χ4v) is 3.38. The van der Waals surface area contributed by atoms with Gasteiger partial charge in [-0.2, -0.15) is 4.31 Å². The van der Waals surface area contributed by atoms with E-state index in [-0.39, 0.29) is 18.1 Å². The van der Waals surface area contributed by atoms with Gasteiger partial charge in [0.05, 0.1) is 5.56 Å². The Morgan fingerprint density at radius 1 is 1.33 bits per heavy atom. The largest absolute Gasteiger partial charge is 0.478 e. The minimum atomic E-state index is -4.27. The molecule has 0 fully saturated rings. The predicted molar refractivity (Wildman–Crippen MR) is 77.5 cm³/mol. The van der Waals surface area contributed by atoms with E-state index in [1.165, 1.54) is 12.2 Å². The van der Waals surface area contributed by atoms with Crippen molar-refractivity contribution < 1.29 is 22.7 Å². The summed E-state index contributed by atoms with van der Waals surface area (Å²) in [6.07, 6.45) is 2.64. The molecule has 0 aliphatic carbocycles. The van der Waals surface area contributed by atoms with Crippen LogP contribution in [0.25, 0.3) is 0 Å². The van der Waals surface area contributed by atoms with Crippen molar-refractivity contribution in [2.24, 2.45) is 0 Å². The van der Waals surface area contributed by atoms with Crippen molar-refractivity contribution in [2.75, 3.05) is 13.1 Å². The number of benzene rings is 1. The van der Waals surface area contributed by atoms with E-state index >= 15 is 0 Å². The van der Waals surface area contributed by atoms with E-state index in [0.717, 1.165) is 16.4 Å². The van der Waals surface area contributed by atoms with Gasteiger partial charge in [-0.3, -0.25) is 0 Å². The van der Waals surface area contributed by atoms with Crippen molar-refractivity contribution >= 4 is 27.6 Å². The van der Waals surface area contributed by atoms with Crippen LogP contribution in [-0.2, 0) is 10.0 Å². The van der Waals surface area contributed by atoms with E-state index in [1.807, 2.05) is 0 Å². The van der Waals surface area contributed by atoms with Crippen LogP contribution in [0, 0.1) is 5.82 Å². The van der Waals surface area contributed by atoms with Gasteiger partial charge in [-0.25, -0.2) is 17.6 Å². The van der Waals surface area contributed by atoms with Gasteiger partial charge in [-0.05, 0) is 12.1 Å². The molecule has 0 amide bonds. The van der Waals surface area contributed by atoms with Gasteiger partial charge in [0.1, 0.15) is 4.90 Å². The second kappa shape index (κ2) is 6.84. The number of halogens is 2. The molecule has 0 unspecified atom stereocenters. The van der Waals surface area contributed by atoms with Crippen LogP contribution >= 0.6 is 11.6 Å². The average Bonchev–Trinajstić information content (AvgIpc) is 2.40. The molecule has 8 heteroatoms. The summed E-state index contributed by atoms with van der Waals surface area (Å²) >= 11 is 5.68. The van der Waals surface area contributed by atoms with Crippen molar-refractivity contribution in [3.63, 3.8) is 0 Å². The first kappa shape index (κ1) is 17.4. The average molecular weight is 334 g/mol. The molecule has 0 aliphatic rings. The van der Waals surface area contributed by atoms with Gasteiger partial charge in [-0.15, -0.1) is 13.2 Å². The van der Waals surface area contributed by atoms with Crippen LogP contribution in [0.15, 0.2) is 42.3 Å². The second-order valence-corrected chi connectivity index (χ2v) is 6.31. The lowest BCUT2D eigenvalue weighted by molar-refractivity contribution is 0.0691. The van der Waals surface area contributed by atoms with Gasteiger partial charge in [-0.1, -0.05) is 23.8 Å². The Balaban J connectivity index is 3.53. The first-order valence-corrected chi connectivity index (χ1v) is 7.51. The summed E-state index contributed by atoms with van der Waals surface area (Å²) in [5, 5.41) is 8.70. The maximum absolute atomic E-state index is 14.1. The highest BCUT2D eigenvalue weighted by atomic mass is 35.5. The number of carboxylic acids is 1. The Labute approximate surface area is 127 Å². The Kier molecular flexibility index (Phi) is 5.65. The summed E-state index contributed by atoms with van der Waals surface area (Å²) in [5.41, 5.74) is -0.807. The van der Waals surface area contributed by atoms with Gasteiger partial charge < -0.3 is 5.11 Å². The van der Waals surface area contributed by atoms with E-state index < -0.39 is 32.3 Å². The SMILES string of the molecule is C=CCN(CC=C)S(=O)(=O)c1cc(Cl)cc(C(=O)O)c1F. The van der Waals surface area contributed by atoms with Crippen LogP contribution in [0.5, 0.6) is 0 Å². The number of aromatic carboxylic acids is 1. The number of hydrogen-bond donors (Lipinski definition) is 1. The maximum atomic E-state index is 14.1. The number of rotatable bonds is 7. The molecular weight excluding hydrogens is 321 g/mol. The van der Waals surface area contributed by atoms with E-state index in [0.29, 0.717) is 0 Å². The van der Waals surface area contributed by atoms with Crippen molar-refractivity contribution in [1.29, 1.82) is 0 Å². The molecule has 0 heterocycles. The molecule has 0 spiro atoms. The quantitative estimate of drug-likeness (QED) is 0.778. The number of nitrogens with zero attached hydrogens (tertiary/aromatic N) is 1. The zero-order valence-electron chi connectivity index (χ0n) is 10.9. The van der Waals surface area contributed by atoms with Crippen molar-refractivity contribution in [3.8, 4) is 0 Å². The summed E-state index contributed by atoms with van der Waals surface area (Å²) in [6.45, 7) is 6.68. The van der Waals surface area contributed by atoms with Gasteiger partial charge in [0, 0.05) is 18.1 Å². The Hall–Kier alpha value is -1.70. The highest BCUT2D eigenvalue weighted by Gasteiger charge is 2.29. The Bertz CT molecular complexity index is 678. The summed E-state index contributed by atoms with van der Waals surface area (Å²) in [7, 11) is -4.27. The molecule has 5 nitrogen and oxygen atoms in total. The molecule has 1 aromatic rings. The summed E-state index contributed by atoms with van der Waals surface area (Å²) in [6, 6.07) is 1.72. The zero-order valence-corrected chi connectivity index (χ0v) is 12.5. The highest BCUT2D eigenvalue weighted by molar-refractivity contribution is 7.89. The highest BCUT2D eigenvalue weighted by Crippen LogP contribution is 2.26. The van der Waals surface area contributed by atoms with E-state index in [2.05, 4.69) is 13.2 Å². The number of hydrogen-bond acceptors (Lipinski definition) is 3. The second-order valence-electron chi connectivity index (χ2n) is 3.97. The Morgan fingerprint density at radius 3 is 2.29 bits per heavy atom. The predicted octanol–water partition coefficient (Wildman–Crippen LogP) is 2.54. The molecule has 0 atom stereocenters. The summed E-state index contributed by atoms with van der Waals surface area (Å²) in [4.78, 5) is 10.1. The lowest BCUT2D eigenvalue weighted by Gasteiger charge is -2.20. The maximum Gasteiger partial charge on any atom is 0.338 e. The van der Waals surface area contributed by atoms with Crippen molar-refractivity contribution in [1.82, 2.24) is 4.31 Å². The molecule has 0 radical (unpaired) electrons. The molecule has 0 bridgehead atoms.